The molecule has 80 valence electrons. The smallest absolute Gasteiger partial charge is 0.0931 e. The monoisotopic (exact) mass is 320 g/mol. The van der Waals surface area contributed by atoms with Crippen molar-refractivity contribution in [3.8, 4) is 0 Å². The molecule has 0 aliphatic heterocycles. The molecule has 15 heavy (non-hydrogen) atoms. The Labute approximate surface area is 111 Å². The van der Waals surface area contributed by atoms with E-state index < -0.39 is 0 Å². The largest absolute Gasteiger partial charge is 0.147 e. The topological polar surface area (TPSA) is 0 Å². The number of hydrogen-bond acceptors (Lipinski definition) is 2. The predicted molar refractivity (Wildman–Crippen MR) is 73.8 cm³/mol. The molecule has 0 saturated carbocycles. The molecule has 1 atom stereocenters. The first-order chi connectivity index (χ1) is 7.22. The molecule has 0 aliphatic rings. The van der Waals surface area contributed by atoms with Crippen LogP contribution in [0.25, 0.3) is 0 Å². The lowest BCUT2D eigenvalue weighted by atomic mass is 10.1. The summed E-state index contributed by atoms with van der Waals surface area (Å²) in [5.41, 5.74) is 1.42. The van der Waals surface area contributed by atoms with Crippen LogP contribution in [0.1, 0.15) is 27.1 Å². The van der Waals surface area contributed by atoms with Gasteiger partial charge >= 0.3 is 0 Å². The second kappa shape index (κ2) is 5.00. The summed E-state index contributed by atoms with van der Waals surface area (Å²) in [4.78, 5) is 2.97. The zero-order valence-corrected chi connectivity index (χ0v) is 12.1. The molecule has 0 fully saturated rings. The van der Waals surface area contributed by atoms with Crippen molar-refractivity contribution in [2.75, 3.05) is 0 Å². The molecule has 0 aliphatic carbocycles. The van der Waals surface area contributed by atoms with Gasteiger partial charge in [0.15, 0.2) is 0 Å². The average molecular weight is 322 g/mol. The number of hydrogen-bond donors (Lipinski definition) is 0. The first kappa shape index (κ1) is 11.6. The van der Waals surface area contributed by atoms with Gasteiger partial charge in [-0.2, -0.15) is 0 Å². The van der Waals surface area contributed by atoms with E-state index in [4.69, 9.17) is 11.6 Å². The van der Waals surface area contributed by atoms with Gasteiger partial charge in [-0.3, -0.25) is 0 Å². The van der Waals surface area contributed by atoms with E-state index >= 15 is 0 Å². The number of alkyl halides is 1. The summed E-state index contributed by atoms with van der Waals surface area (Å²) >= 11 is 13.1. The minimum atomic E-state index is 0.296. The SMILES string of the molecule is CCc1ccsc1C(Br)c1ccc(Cl)s1. The Bertz CT molecular complexity index is 447. The Balaban J connectivity index is 2.31. The minimum Gasteiger partial charge on any atom is -0.147 e. The van der Waals surface area contributed by atoms with Crippen LogP contribution < -0.4 is 0 Å². The van der Waals surface area contributed by atoms with Crippen LogP contribution >= 0.6 is 50.2 Å². The van der Waals surface area contributed by atoms with E-state index in [1.807, 2.05) is 6.07 Å². The van der Waals surface area contributed by atoms with Gasteiger partial charge in [-0.15, -0.1) is 22.7 Å². The van der Waals surface area contributed by atoms with E-state index in [0.29, 0.717) is 4.83 Å². The molecular formula is C11H10BrClS2. The van der Waals surface area contributed by atoms with Gasteiger partial charge in [0.2, 0.25) is 0 Å². The Morgan fingerprint density at radius 2 is 2.20 bits per heavy atom. The van der Waals surface area contributed by atoms with Gasteiger partial charge in [0.05, 0.1) is 9.16 Å². The maximum Gasteiger partial charge on any atom is 0.0931 e. The Morgan fingerprint density at radius 1 is 1.40 bits per heavy atom. The molecule has 2 rings (SSSR count). The first-order valence-corrected chi connectivity index (χ1v) is 7.67. The first-order valence-electron chi connectivity index (χ1n) is 4.68. The van der Waals surface area contributed by atoms with Crippen LogP contribution in [0.5, 0.6) is 0 Å². The summed E-state index contributed by atoms with van der Waals surface area (Å²) in [5, 5.41) is 2.15. The van der Waals surface area contributed by atoms with Crippen LogP contribution in [0, 0.1) is 0 Å². The molecule has 1 unspecified atom stereocenters. The van der Waals surface area contributed by atoms with Gasteiger partial charge in [0.1, 0.15) is 0 Å². The molecule has 0 saturated heterocycles. The third-order valence-electron chi connectivity index (χ3n) is 2.24. The molecular weight excluding hydrogens is 312 g/mol. The second-order valence-corrected chi connectivity index (χ2v) is 6.78. The van der Waals surface area contributed by atoms with E-state index in [1.165, 1.54) is 15.3 Å². The summed E-state index contributed by atoms with van der Waals surface area (Å²) in [7, 11) is 0. The number of rotatable bonds is 3. The highest BCUT2D eigenvalue weighted by molar-refractivity contribution is 9.09. The average Bonchev–Trinajstić information content (AvgIpc) is 2.84. The maximum absolute atomic E-state index is 5.94. The summed E-state index contributed by atoms with van der Waals surface area (Å²) in [5.74, 6) is 0. The van der Waals surface area contributed by atoms with Gasteiger partial charge in [-0.05, 0) is 35.6 Å². The number of aryl methyl sites for hydroxylation is 1. The summed E-state index contributed by atoms with van der Waals surface area (Å²) in [6.07, 6.45) is 1.08. The molecule has 0 nitrogen and oxygen atoms in total. The Hall–Kier alpha value is 0.170. The van der Waals surface area contributed by atoms with Gasteiger partial charge in [-0.25, -0.2) is 0 Å². The van der Waals surface area contributed by atoms with E-state index in [-0.39, 0.29) is 0 Å². The van der Waals surface area contributed by atoms with Crippen molar-refractivity contribution >= 4 is 50.2 Å². The summed E-state index contributed by atoms with van der Waals surface area (Å²) in [6.45, 7) is 2.19. The van der Waals surface area contributed by atoms with Crippen LogP contribution in [-0.2, 0) is 6.42 Å². The van der Waals surface area contributed by atoms with Crippen molar-refractivity contribution in [3.05, 3.63) is 43.2 Å². The van der Waals surface area contributed by atoms with Crippen molar-refractivity contribution in [2.45, 2.75) is 18.2 Å². The second-order valence-electron chi connectivity index (χ2n) is 3.17. The van der Waals surface area contributed by atoms with E-state index in [2.05, 4.69) is 40.4 Å². The van der Waals surface area contributed by atoms with Crippen molar-refractivity contribution in [1.29, 1.82) is 0 Å². The lowest BCUT2D eigenvalue weighted by Crippen LogP contribution is -1.90. The van der Waals surface area contributed by atoms with E-state index in [9.17, 15) is 0 Å². The standard InChI is InChI=1S/C11H10BrClS2/c1-2-7-5-6-14-11(7)10(12)8-3-4-9(13)15-8/h3-6,10H,2H2,1H3. The van der Waals surface area contributed by atoms with Crippen LogP contribution in [0.2, 0.25) is 4.34 Å². The zero-order valence-electron chi connectivity index (χ0n) is 8.17. The minimum absolute atomic E-state index is 0.296. The molecule has 0 N–H and O–H groups in total. The highest BCUT2D eigenvalue weighted by atomic mass is 79.9. The number of thiophene rings is 2. The molecule has 0 radical (unpaired) electrons. The zero-order chi connectivity index (χ0) is 10.8. The Morgan fingerprint density at radius 3 is 2.80 bits per heavy atom. The lowest BCUT2D eigenvalue weighted by Gasteiger charge is -2.07. The predicted octanol–water partition coefficient (Wildman–Crippen LogP) is 5.51. The molecule has 0 bridgehead atoms. The summed E-state index contributed by atoms with van der Waals surface area (Å²) < 4.78 is 0.851. The third-order valence-corrected chi connectivity index (χ3v) is 6.11. The third kappa shape index (κ3) is 2.47. The normalized spacial score (nSPS) is 13.0. The van der Waals surface area contributed by atoms with E-state index in [1.54, 1.807) is 22.7 Å². The molecule has 0 amide bonds. The summed E-state index contributed by atoms with van der Waals surface area (Å²) in [6, 6.07) is 6.24. The fraction of sp³-hybridized carbons (Fsp3) is 0.273. The highest BCUT2D eigenvalue weighted by Gasteiger charge is 2.16. The van der Waals surface area contributed by atoms with Gasteiger partial charge in [-0.1, -0.05) is 34.5 Å². The molecule has 4 heteroatoms. The Kier molecular flexibility index (Phi) is 3.88. The molecule has 2 aromatic heterocycles. The quantitative estimate of drug-likeness (QED) is 0.654. The molecule has 2 aromatic rings. The van der Waals surface area contributed by atoms with Crippen molar-refractivity contribution in [3.63, 3.8) is 0 Å². The molecule has 0 aromatic carbocycles. The maximum atomic E-state index is 5.94. The van der Waals surface area contributed by atoms with Gasteiger partial charge < -0.3 is 0 Å². The van der Waals surface area contributed by atoms with Gasteiger partial charge in [0.25, 0.3) is 0 Å². The highest BCUT2D eigenvalue weighted by Crippen LogP contribution is 2.40. The van der Waals surface area contributed by atoms with Crippen molar-refractivity contribution in [1.82, 2.24) is 0 Å². The lowest BCUT2D eigenvalue weighted by molar-refractivity contribution is 1.10. The van der Waals surface area contributed by atoms with Crippen molar-refractivity contribution in [2.24, 2.45) is 0 Å². The van der Waals surface area contributed by atoms with Crippen LogP contribution in [-0.4, -0.2) is 0 Å². The molecule has 2 heterocycles. The van der Waals surface area contributed by atoms with Crippen LogP contribution in [0.3, 0.4) is 0 Å². The fourth-order valence-corrected chi connectivity index (χ4v) is 4.62. The number of halogens is 2. The van der Waals surface area contributed by atoms with Crippen molar-refractivity contribution < 1.29 is 0 Å². The van der Waals surface area contributed by atoms with Gasteiger partial charge in [0, 0.05) is 9.75 Å². The van der Waals surface area contributed by atoms with E-state index in [0.717, 1.165) is 10.8 Å². The molecule has 0 spiro atoms. The van der Waals surface area contributed by atoms with Crippen LogP contribution in [0.4, 0.5) is 0 Å². The van der Waals surface area contributed by atoms with Crippen LogP contribution in [0.15, 0.2) is 23.6 Å². The fourth-order valence-electron chi connectivity index (χ4n) is 1.46.